The van der Waals surface area contributed by atoms with E-state index in [-0.39, 0.29) is 37.4 Å². The predicted molar refractivity (Wildman–Crippen MR) is 156 cm³/mol. The molecule has 2 aliphatic heterocycles. The number of benzene rings is 2. The van der Waals surface area contributed by atoms with Crippen molar-refractivity contribution in [1.82, 2.24) is 4.90 Å². The van der Waals surface area contributed by atoms with Crippen molar-refractivity contribution < 1.29 is 29.3 Å². The maximum absolute atomic E-state index is 13.6. The topological polar surface area (TPSA) is 107 Å². The lowest BCUT2D eigenvalue weighted by Crippen LogP contribution is -2.46. The Kier molecular flexibility index (Phi) is 9.45. The third-order valence-electron chi connectivity index (χ3n) is 7.73. The number of unbranched alkanes of at least 4 members (excludes halogenated alkanes) is 1. The molecule has 208 valence electrons. The Morgan fingerprint density at radius 1 is 1.21 bits per heavy atom. The van der Waals surface area contributed by atoms with Gasteiger partial charge in [0.2, 0.25) is 5.91 Å². The van der Waals surface area contributed by atoms with Gasteiger partial charge >= 0.3 is 5.97 Å². The largest absolute Gasteiger partial charge is 0.469 e. The molecule has 4 rings (SSSR count). The highest BCUT2D eigenvalue weighted by atomic mass is 127. The van der Waals surface area contributed by atoms with Crippen molar-refractivity contribution >= 4 is 46.1 Å². The summed E-state index contributed by atoms with van der Waals surface area (Å²) in [5, 5.41) is 21.7. The van der Waals surface area contributed by atoms with Gasteiger partial charge in [0.05, 0.1) is 25.4 Å². The number of hydrogen-bond acceptors (Lipinski definition) is 6. The van der Waals surface area contributed by atoms with Crippen LogP contribution < -0.4 is 4.90 Å². The summed E-state index contributed by atoms with van der Waals surface area (Å²) in [5.41, 5.74) is 1.67. The van der Waals surface area contributed by atoms with E-state index in [9.17, 15) is 24.6 Å². The van der Waals surface area contributed by atoms with Gasteiger partial charge in [0.15, 0.2) is 5.60 Å². The fourth-order valence-electron chi connectivity index (χ4n) is 5.45. The van der Waals surface area contributed by atoms with Gasteiger partial charge in [0.25, 0.3) is 5.91 Å². The molecule has 0 unspecified atom stereocenters. The zero-order chi connectivity index (χ0) is 28.2. The van der Waals surface area contributed by atoms with E-state index >= 15 is 0 Å². The smallest absolute Gasteiger partial charge is 0.305 e. The molecule has 0 bridgehead atoms. The van der Waals surface area contributed by atoms with Crippen LogP contribution in [0.3, 0.4) is 0 Å². The van der Waals surface area contributed by atoms with Crippen molar-refractivity contribution in [2.24, 2.45) is 5.92 Å². The molecule has 0 saturated heterocycles. The van der Waals surface area contributed by atoms with Crippen LogP contribution >= 0.6 is 22.6 Å². The SMILES string of the molecule is COC(=O)CCCCN1C(=O)[C@@](O)([C@@H](C)/C=C/CC(=O)N2Cc3ccccc3C[C@H]2CO)c2cc(I)ccc21. The van der Waals surface area contributed by atoms with Gasteiger partial charge in [-0.2, -0.15) is 0 Å². The number of rotatable bonds is 10. The third-order valence-corrected chi connectivity index (χ3v) is 8.41. The minimum absolute atomic E-state index is 0.101. The molecule has 0 spiro atoms. The molecule has 0 fully saturated rings. The van der Waals surface area contributed by atoms with Crippen molar-refractivity contribution in [3.8, 4) is 0 Å². The molecule has 0 aromatic heterocycles. The molecule has 8 nitrogen and oxygen atoms in total. The molecule has 2 aliphatic rings. The van der Waals surface area contributed by atoms with E-state index in [0.717, 1.165) is 14.7 Å². The normalized spacial score (nSPS) is 21.2. The van der Waals surface area contributed by atoms with E-state index in [2.05, 4.69) is 22.6 Å². The van der Waals surface area contributed by atoms with Crippen molar-refractivity contribution in [3.05, 3.63) is 74.9 Å². The van der Waals surface area contributed by atoms with Crippen LogP contribution in [0.4, 0.5) is 5.69 Å². The highest BCUT2D eigenvalue weighted by molar-refractivity contribution is 14.1. The first-order chi connectivity index (χ1) is 18.7. The molecule has 2 aromatic carbocycles. The van der Waals surface area contributed by atoms with E-state index in [1.54, 1.807) is 28.9 Å². The Labute approximate surface area is 242 Å². The Morgan fingerprint density at radius 2 is 1.95 bits per heavy atom. The Bertz CT molecular complexity index is 1260. The van der Waals surface area contributed by atoms with Crippen LogP contribution in [0.25, 0.3) is 0 Å². The molecule has 2 N–H and O–H groups in total. The van der Waals surface area contributed by atoms with E-state index in [1.807, 2.05) is 42.5 Å². The number of ether oxygens (including phenoxy) is 1. The Balaban J connectivity index is 1.46. The molecule has 39 heavy (non-hydrogen) atoms. The number of hydrogen-bond donors (Lipinski definition) is 2. The summed E-state index contributed by atoms with van der Waals surface area (Å²) in [5.74, 6) is -1.40. The van der Waals surface area contributed by atoms with Crippen LogP contribution in [0.2, 0.25) is 0 Å². The molecule has 0 radical (unpaired) electrons. The van der Waals surface area contributed by atoms with E-state index in [1.165, 1.54) is 7.11 Å². The Morgan fingerprint density at radius 3 is 2.67 bits per heavy atom. The molecule has 0 aliphatic carbocycles. The fraction of sp³-hybridized carbons (Fsp3) is 0.433. The second kappa shape index (κ2) is 12.6. The number of carbonyl (C=O) groups is 3. The number of esters is 1. The van der Waals surface area contributed by atoms with Crippen LogP contribution in [0.1, 0.15) is 49.3 Å². The lowest BCUT2D eigenvalue weighted by molar-refractivity contribution is -0.140. The van der Waals surface area contributed by atoms with Crippen molar-refractivity contribution in [1.29, 1.82) is 0 Å². The van der Waals surface area contributed by atoms with Crippen LogP contribution in [-0.4, -0.2) is 59.2 Å². The highest BCUT2D eigenvalue weighted by Crippen LogP contribution is 2.46. The maximum Gasteiger partial charge on any atom is 0.305 e. The number of methoxy groups -OCH3 is 1. The summed E-state index contributed by atoms with van der Waals surface area (Å²) in [6.45, 7) is 2.48. The quantitative estimate of drug-likeness (QED) is 0.177. The number of amides is 2. The molecule has 2 aromatic rings. The lowest BCUT2D eigenvalue weighted by atomic mass is 9.83. The van der Waals surface area contributed by atoms with Gasteiger partial charge in [-0.05, 0) is 71.2 Å². The molecule has 3 atom stereocenters. The lowest BCUT2D eigenvalue weighted by Gasteiger charge is -2.36. The van der Waals surface area contributed by atoms with Crippen molar-refractivity contribution in [2.45, 2.75) is 57.2 Å². The minimum Gasteiger partial charge on any atom is -0.469 e. The second-order valence-corrected chi connectivity index (χ2v) is 11.4. The fourth-order valence-corrected chi connectivity index (χ4v) is 5.95. The molecule has 9 heteroatoms. The number of nitrogens with zero attached hydrogens (tertiary/aromatic N) is 2. The molecular formula is C30H35IN2O6. The second-order valence-electron chi connectivity index (χ2n) is 10.2. The molecule has 0 saturated carbocycles. The standard InChI is InChI=1S/C30H35IN2O6/c1-20(8-7-11-27(35)33-18-22-10-4-3-9-21(22)16-24(33)19-34)30(38)25-17-23(31)13-14-26(25)32(29(30)37)15-6-5-12-28(36)39-2/h3-4,7-10,13-14,17,20,24,34,38H,5-6,11-12,15-16,18-19H2,1-2H3/b8-7+/t20-,24-,30+/m0/s1. The summed E-state index contributed by atoms with van der Waals surface area (Å²) in [6.07, 6.45) is 5.58. The highest BCUT2D eigenvalue weighted by Gasteiger charge is 2.52. The number of fused-ring (bicyclic) bond motifs is 2. The molecule has 2 heterocycles. The van der Waals surface area contributed by atoms with Gasteiger partial charge in [-0.15, -0.1) is 0 Å². The zero-order valence-corrected chi connectivity index (χ0v) is 24.5. The predicted octanol–water partition coefficient (Wildman–Crippen LogP) is 3.70. The summed E-state index contributed by atoms with van der Waals surface area (Å²) < 4.78 is 5.59. The third kappa shape index (κ3) is 6.05. The monoisotopic (exact) mass is 646 g/mol. The first-order valence-electron chi connectivity index (χ1n) is 13.3. The maximum atomic E-state index is 13.6. The minimum atomic E-state index is -1.77. The average molecular weight is 647 g/mol. The number of halogens is 1. The summed E-state index contributed by atoms with van der Waals surface area (Å²) in [7, 11) is 1.35. The van der Waals surface area contributed by atoms with Crippen LogP contribution in [0, 0.1) is 9.49 Å². The van der Waals surface area contributed by atoms with Gasteiger partial charge in [-0.25, -0.2) is 0 Å². The number of anilines is 1. The zero-order valence-electron chi connectivity index (χ0n) is 22.3. The van der Waals surface area contributed by atoms with E-state index < -0.39 is 17.4 Å². The summed E-state index contributed by atoms with van der Waals surface area (Å²) >= 11 is 2.16. The summed E-state index contributed by atoms with van der Waals surface area (Å²) in [6, 6.07) is 13.2. The van der Waals surface area contributed by atoms with Crippen LogP contribution in [0.15, 0.2) is 54.6 Å². The first-order valence-corrected chi connectivity index (χ1v) is 14.3. The number of carbonyl (C=O) groups excluding carboxylic acids is 3. The van der Waals surface area contributed by atoms with E-state index in [0.29, 0.717) is 43.6 Å². The van der Waals surface area contributed by atoms with E-state index in [4.69, 9.17) is 4.74 Å². The Hall–Kier alpha value is -2.76. The summed E-state index contributed by atoms with van der Waals surface area (Å²) in [4.78, 5) is 41.5. The van der Waals surface area contributed by atoms with Gasteiger partial charge in [0.1, 0.15) is 0 Å². The van der Waals surface area contributed by atoms with Crippen LogP contribution in [0.5, 0.6) is 0 Å². The van der Waals surface area contributed by atoms with Gasteiger partial charge in [-0.1, -0.05) is 43.3 Å². The number of aliphatic hydroxyl groups excluding tert-OH is 1. The average Bonchev–Trinajstić information content (AvgIpc) is 3.16. The van der Waals surface area contributed by atoms with Gasteiger partial charge < -0.3 is 24.7 Å². The van der Waals surface area contributed by atoms with Gasteiger partial charge in [0, 0.05) is 41.0 Å². The molecule has 2 amide bonds. The van der Waals surface area contributed by atoms with Crippen molar-refractivity contribution in [3.63, 3.8) is 0 Å². The van der Waals surface area contributed by atoms with Crippen molar-refractivity contribution in [2.75, 3.05) is 25.2 Å². The molecular weight excluding hydrogens is 611 g/mol. The van der Waals surface area contributed by atoms with Crippen LogP contribution in [-0.2, 0) is 37.7 Å². The number of aliphatic hydroxyl groups is 2. The first kappa shape index (κ1) is 29.2. The van der Waals surface area contributed by atoms with Gasteiger partial charge in [-0.3, -0.25) is 14.4 Å².